The molecule has 4 aromatic rings. The SMILES string of the molecule is Nc1n(CCCCCNCc2ccccc2)c2ccccc2[n+]1Cc1ccccc1. The topological polar surface area (TPSA) is 46.9 Å². The Hall–Kier alpha value is -3.11. The molecule has 0 bridgehead atoms. The van der Waals surface area contributed by atoms with Gasteiger partial charge in [0.15, 0.2) is 0 Å². The lowest BCUT2D eigenvalue weighted by molar-refractivity contribution is -0.648. The van der Waals surface area contributed by atoms with E-state index in [-0.39, 0.29) is 0 Å². The number of nitrogens with one attached hydrogen (secondary N) is 1. The Bertz CT molecular complexity index is 1050. The second-order valence-corrected chi connectivity index (χ2v) is 7.79. The van der Waals surface area contributed by atoms with Crippen LogP contribution < -0.4 is 15.6 Å². The van der Waals surface area contributed by atoms with E-state index in [1.54, 1.807) is 0 Å². The van der Waals surface area contributed by atoms with Gasteiger partial charge in [-0.05, 0) is 49.1 Å². The highest BCUT2D eigenvalue weighted by atomic mass is 15.2. The molecule has 3 N–H and O–H groups in total. The lowest BCUT2D eigenvalue weighted by Crippen LogP contribution is -2.37. The molecule has 0 spiro atoms. The third kappa shape index (κ3) is 4.89. The number of nitrogens with zero attached hydrogens (tertiary/aromatic N) is 2. The maximum atomic E-state index is 6.60. The van der Waals surface area contributed by atoms with Crippen LogP contribution in [0.2, 0.25) is 0 Å². The first-order chi connectivity index (χ1) is 14.8. The van der Waals surface area contributed by atoms with E-state index in [1.807, 2.05) is 0 Å². The second kappa shape index (κ2) is 10.1. The van der Waals surface area contributed by atoms with Crippen LogP contribution in [0.3, 0.4) is 0 Å². The molecule has 0 unspecified atom stereocenters. The van der Waals surface area contributed by atoms with Gasteiger partial charge in [0.25, 0.3) is 0 Å². The molecule has 4 rings (SSSR count). The van der Waals surface area contributed by atoms with E-state index in [0.717, 1.165) is 38.5 Å². The Morgan fingerprint density at radius 1 is 0.733 bits per heavy atom. The van der Waals surface area contributed by atoms with Gasteiger partial charge in [0, 0.05) is 6.54 Å². The molecule has 4 nitrogen and oxygen atoms in total. The Labute approximate surface area is 179 Å². The second-order valence-electron chi connectivity index (χ2n) is 7.79. The molecular weight excluding hydrogens is 368 g/mol. The Kier molecular flexibility index (Phi) is 6.78. The van der Waals surface area contributed by atoms with Crippen molar-refractivity contribution in [2.75, 3.05) is 12.3 Å². The first-order valence-electron chi connectivity index (χ1n) is 10.9. The number of para-hydroxylation sites is 2. The maximum absolute atomic E-state index is 6.60. The fourth-order valence-electron chi connectivity index (χ4n) is 4.01. The van der Waals surface area contributed by atoms with Crippen molar-refractivity contribution in [3.63, 3.8) is 0 Å². The van der Waals surface area contributed by atoms with Gasteiger partial charge < -0.3 is 5.32 Å². The van der Waals surface area contributed by atoms with E-state index >= 15 is 0 Å². The van der Waals surface area contributed by atoms with Crippen molar-refractivity contribution in [3.8, 4) is 0 Å². The van der Waals surface area contributed by atoms with Gasteiger partial charge >= 0.3 is 5.95 Å². The van der Waals surface area contributed by atoms with Crippen LogP contribution in [0.4, 0.5) is 5.95 Å². The number of hydrogen-bond acceptors (Lipinski definition) is 2. The van der Waals surface area contributed by atoms with Crippen LogP contribution >= 0.6 is 0 Å². The van der Waals surface area contributed by atoms with Crippen LogP contribution in [0.1, 0.15) is 30.4 Å². The molecule has 3 aromatic carbocycles. The Morgan fingerprint density at radius 2 is 1.40 bits per heavy atom. The molecule has 0 saturated carbocycles. The van der Waals surface area contributed by atoms with E-state index in [0.29, 0.717) is 0 Å². The van der Waals surface area contributed by atoms with Gasteiger partial charge in [-0.3, -0.25) is 5.73 Å². The Balaban J connectivity index is 1.33. The number of aromatic nitrogens is 2. The average Bonchev–Trinajstić information content (AvgIpc) is 3.06. The molecule has 0 amide bonds. The molecule has 4 heteroatoms. The van der Waals surface area contributed by atoms with Crippen molar-refractivity contribution in [2.24, 2.45) is 0 Å². The number of benzene rings is 3. The number of aryl methyl sites for hydroxylation is 1. The van der Waals surface area contributed by atoms with E-state index in [4.69, 9.17) is 5.73 Å². The molecule has 30 heavy (non-hydrogen) atoms. The minimum absolute atomic E-state index is 0.795. The molecule has 154 valence electrons. The summed E-state index contributed by atoms with van der Waals surface area (Å²) in [4.78, 5) is 0. The lowest BCUT2D eigenvalue weighted by Gasteiger charge is -2.05. The zero-order valence-corrected chi connectivity index (χ0v) is 17.5. The first-order valence-corrected chi connectivity index (χ1v) is 10.9. The van der Waals surface area contributed by atoms with Crippen LogP contribution in [-0.4, -0.2) is 11.1 Å². The number of anilines is 1. The molecule has 1 aromatic heterocycles. The number of unbranched alkanes of at least 4 members (excludes halogenated alkanes) is 2. The van der Waals surface area contributed by atoms with Gasteiger partial charge in [-0.2, -0.15) is 0 Å². The smallest absolute Gasteiger partial charge is 0.313 e. The normalized spacial score (nSPS) is 11.2. The predicted octanol–water partition coefficient (Wildman–Crippen LogP) is 4.52. The van der Waals surface area contributed by atoms with Crippen molar-refractivity contribution >= 4 is 17.0 Å². The molecule has 0 radical (unpaired) electrons. The lowest BCUT2D eigenvalue weighted by atomic mass is 10.2. The van der Waals surface area contributed by atoms with Crippen molar-refractivity contribution < 1.29 is 4.57 Å². The molecule has 0 aliphatic rings. The van der Waals surface area contributed by atoms with E-state index in [2.05, 4.69) is 99.4 Å². The molecule has 0 atom stereocenters. The van der Waals surface area contributed by atoms with Crippen LogP contribution in [0.15, 0.2) is 84.9 Å². The van der Waals surface area contributed by atoms with Crippen molar-refractivity contribution in [1.82, 2.24) is 9.88 Å². The molecule has 0 aliphatic carbocycles. The summed E-state index contributed by atoms with van der Waals surface area (Å²) in [7, 11) is 0. The molecular formula is C26H31N4+. The van der Waals surface area contributed by atoms with Gasteiger partial charge in [0.2, 0.25) is 0 Å². The summed E-state index contributed by atoms with van der Waals surface area (Å²) in [6.45, 7) is 3.73. The van der Waals surface area contributed by atoms with E-state index in [1.165, 1.54) is 35.0 Å². The van der Waals surface area contributed by atoms with Gasteiger partial charge in [-0.1, -0.05) is 72.8 Å². The zero-order valence-electron chi connectivity index (χ0n) is 17.5. The van der Waals surface area contributed by atoms with Gasteiger partial charge in [0.1, 0.15) is 11.0 Å². The third-order valence-electron chi connectivity index (χ3n) is 5.61. The first kappa shape index (κ1) is 20.2. The monoisotopic (exact) mass is 399 g/mol. The minimum Gasteiger partial charge on any atom is -0.313 e. The van der Waals surface area contributed by atoms with E-state index in [9.17, 15) is 0 Å². The van der Waals surface area contributed by atoms with Gasteiger partial charge in [-0.15, -0.1) is 0 Å². The van der Waals surface area contributed by atoms with Crippen LogP contribution in [-0.2, 0) is 19.6 Å². The zero-order chi connectivity index (χ0) is 20.6. The van der Waals surface area contributed by atoms with Crippen molar-refractivity contribution in [2.45, 2.75) is 38.9 Å². The fourth-order valence-corrected chi connectivity index (χ4v) is 4.01. The highest BCUT2D eigenvalue weighted by Gasteiger charge is 2.20. The summed E-state index contributed by atoms with van der Waals surface area (Å²) in [5.74, 6) is 0.835. The average molecular weight is 400 g/mol. The largest absolute Gasteiger partial charge is 0.356 e. The van der Waals surface area contributed by atoms with Gasteiger partial charge in [-0.25, -0.2) is 9.13 Å². The maximum Gasteiger partial charge on any atom is 0.356 e. The number of rotatable bonds is 10. The van der Waals surface area contributed by atoms with Crippen molar-refractivity contribution in [3.05, 3.63) is 96.1 Å². The number of hydrogen-bond donors (Lipinski definition) is 2. The highest BCUT2D eigenvalue weighted by Crippen LogP contribution is 2.18. The number of imidazole rings is 1. The van der Waals surface area contributed by atoms with Crippen molar-refractivity contribution in [1.29, 1.82) is 0 Å². The van der Waals surface area contributed by atoms with Crippen LogP contribution in [0, 0.1) is 0 Å². The summed E-state index contributed by atoms with van der Waals surface area (Å²) >= 11 is 0. The van der Waals surface area contributed by atoms with Gasteiger partial charge in [0.05, 0.1) is 13.1 Å². The summed E-state index contributed by atoms with van der Waals surface area (Å²) in [5, 5.41) is 3.54. The highest BCUT2D eigenvalue weighted by molar-refractivity contribution is 5.73. The van der Waals surface area contributed by atoms with Crippen LogP contribution in [0.5, 0.6) is 0 Å². The molecule has 0 saturated heterocycles. The summed E-state index contributed by atoms with van der Waals surface area (Å²) < 4.78 is 4.50. The number of nitrogen functional groups attached to an aromatic ring is 1. The Morgan fingerprint density at radius 3 is 2.17 bits per heavy atom. The standard InChI is InChI=1S/C26H30N4/c27-26-29(19-11-3-10-18-28-20-22-12-4-1-5-13-22)24-16-8-9-17-25(24)30(26)21-23-14-6-2-7-15-23/h1-2,4-9,12-17,27-28H,3,10-11,18-21H2/p+1. The summed E-state index contributed by atoms with van der Waals surface area (Å²) in [5.41, 5.74) is 11.6. The molecule has 0 aliphatic heterocycles. The van der Waals surface area contributed by atoms with E-state index < -0.39 is 0 Å². The summed E-state index contributed by atoms with van der Waals surface area (Å²) in [6, 6.07) is 29.6. The quantitative estimate of drug-likeness (QED) is 0.304. The number of nitrogens with two attached hydrogens (primary N) is 1. The van der Waals surface area contributed by atoms with Crippen LogP contribution in [0.25, 0.3) is 11.0 Å². The predicted molar refractivity (Wildman–Crippen MR) is 124 cm³/mol. The minimum atomic E-state index is 0.795. The summed E-state index contributed by atoms with van der Waals surface area (Å²) in [6.07, 6.45) is 3.49. The molecule has 0 fully saturated rings. The number of fused-ring (bicyclic) bond motifs is 1. The fraction of sp³-hybridized carbons (Fsp3) is 0.269. The molecule has 1 heterocycles. The third-order valence-corrected chi connectivity index (χ3v) is 5.61.